The summed E-state index contributed by atoms with van der Waals surface area (Å²) in [5.74, 6) is 1.19. The number of rotatable bonds is 3. The molecule has 0 fully saturated rings. The van der Waals surface area contributed by atoms with E-state index in [0.717, 1.165) is 5.56 Å². The molecule has 2 heterocycles. The van der Waals surface area contributed by atoms with Crippen molar-refractivity contribution in [2.24, 2.45) is 0 Å². The van der Waals surface area contributed by atoms with Crippen molar-refractivity contribution in [3.8, 4) is 23.0 Å². The zero-order valence-electron chi connectivity index (χ0n) is 13.9. The molecule has 4 rings (SSSR count). The number of phenols is 1. The molecule has 0 amide bonds. The third-order valence-corrected chi connectivity index (χ3v) is 4.55. The van der Waals surface area contributed by atoms with Crippen LogP contribution in [-0.4, -0.2) is 24.5 Å². The van der Waals surface area contributed by atoms with Crippen LogP contribution in [0.5, 0.6) is 23.0 Å². The Bertz CT molecular complexity index is 844. The summed E-state index contributed by atoms with van der Waals surface area (Å²) in [6, 6.07) is 8.79. The minimum absolute atomic E-state index is 0.0982. The SMILES string of the molecule is CCOC(=O)c1c(O)ccc2c1C(C)C(c1ccc3c(c1)OCO3)O2. The first-order valence-electron chi connectivity index (χ1n) is 8.19. The van der Waals surface area contributed by atoms with Gasteiger partial charge in [0.2, 0.25) is 6.79 Å². The summed E-state index contributed by atoms with van der Waals surface area (Å²) in [5.41, 5.74) is 1.76. The summed E-state index contributed by atoms with van der Waals surface area (Å²) in [5, 5.41) is 10.2. The fourth-order valence-electron chi connectivity index (χ4n) is 3.40. The van der Waals surface area contributed by atoms with Crippen molar-refractivity contribution in [1.29, 1.82) is 0 Å². The van der Waals surface area contributed by atoms with Crippen LogP contribution in [0.3, 0.4) is 0 Å². The molecule has 0 aliphatic carbocycles. The van der Waals surface area contributed by atoms with Crippen molar-refractivity contribution in [2.75, 3.05) is 13.4 Å². The van der Waals surface area contributed by atoms with Gasteiger partial charge in [-0.25, -0.2) is 4.79 Å². The van der Waals surface area contributed by atoms with E-state index in [2.05, 4.69) is 0 Å². The summed E-state index contributed by atoms with van der Waals surface area (Å²) in [6.45, 7) is 4.14. The normalized spacial score (nSPS) is 20.1. The lowest BCUT2D eigenvalue weighted by atomic mass is 9.89. The van der Waals surface area contributed by atoms with Gasteiger partial charge in [0.15, 0.2) is 11.5 Å². The highest BCUT2D eigenvalue weighted by Gasteiger charge is 2.38. The molecular weight excluding hydrogens is 324 g/mol. The summed E-state index contributed by atoms with van der Waals surface area (Å²) >= 11 is 0. The summed E-state index contributed by atoms with van der Waals surface area (Å²) < 4.78 is 21.9. The molecule has 0 aromatic heterocycles. The van der Waals surface area contributed by atoms with Gasteiger partial charge in [0.1, 0.15) is 23.2 Å². The van der Waals surface area contributed by atoms with Crippen molar-refractivity contribution >= 4 is 5.97 Å². The second kappa shape index (κ2) is 5.88. The van der Waals surface area contributed by atoms with Crippen LogP contribution >= 0.6 is 0 Å². The third-order valence-electron chi connectivity index (χ3n) is 4.55. The Morgan fingerprint density at radius 2 is 1.96 bits per heavy atom. The molecule has 0 saturated carbocycles. The van der Waals surface area contributed by atoms with Crippen molar-refractivity contribution in [3.63, 3.8) is 0 Å². The Balaban J connectivity index is 1.73. The van der Waals surface area contributed by atoms with Crippen molar-refractivity contribution in [2.45, 2.75) is 25.9 Å². The fourth-order valence-corrected chi connectivity index (χ4v) is 3.40. The van der Waals surface area contributed by atoms with Gasteiger partial charge in [0.05, 0.1) is 6.61 Å². The summed E-state index contributed by atoms with van der Waals surface area (Å²) in [6.07, 6.45) is -0.292. The van der Waals surface area contributed by atoms with Crippen LogP contribution in [0.4, 0.5) is 0 Å². The van der Waals surface area contributed by atoms with Gasteiger partial charge in [0, 0.05) is 11.5 Å². The molecule has 1 N–H and O–H groups in total. The average Bonchev–Trinajstić information content (AvgIpc) is 3.19. The van der Waals surface area contributed by atoms with E-state index in [-0.39, 0.29) is 36.7 Å². The number of aromatic hydroxyl groups is 1. The van der Waals surface area contributed by atoms with Crippen LogP contribution in [0.15, 0.2) is 30.3 Å². The van der Waals surface area contributed by atoms with Crippen LogP contribution in [0.1, 0.15) is 47.4 Å². The van der Waals surface area contributed by atoms with Gasteiger partial charge in [-0.1, -0.05) is 13.0 Å². The van der Waals surface area contributed by atoms with E-state index < -0.39 is 5.97 Å². The number of hydrogen-bond donors (Lipinski definition) is 1. The first-order valence-corrected chi connectivity index (χ1v) is 8.19. The van der Waals surface area contributed by atoms with Crippen LogP contribution in [-0.2, 0) is 4.74 Å². The van der Waals surface area contributed by atoms with E-state index in [1.807, 2.05) is 25.1 Å². The van der Waals surface area contributed by atoms with Gasteiger partial charge in [-0.05, 0) is 36.8 Å². The van der Waals surface area contributed by atoms with Crippen LogP contribution in [0.2, 0.25) is 0 Å². The first-order chi connectivity index (χ1) is 12.1. The monoisotopic (exact) mass is 342 g/mol. The van der Waals surface area contributed by atoms with E-state index in [1.165, 1.54) is 6.07 Å². The third kappa shape index (κ3) is 2.45. The standard InChI is InChI=1S/C19H18O6/c1-3-22-19(21)17-12(20)5-7-14-16(17)10(2)18(25-14)11-4-6-13-15(8-11)24-9-23-13/h4-8,10,18,20H,3,9H2,1-2H3. The van der Waals surface area contributed by atoms with Gasteiger partial charge in [-0.3, -0.25) is 0 Å². The van der Waals surface area contributed by atoms with E-state index in [1.54, 1.807) is 13.0 Å². The highest BCUT2D eigenvalue weighted by molar-refractivity contribution is 5.95. The van der Waals surface area contributed by atoms with Gasteiger partial charge in [0.25, 0.3) is 0 Å². The fraction of sp³-hybridized carbons (Fsp3) is 0.316. The smallest absolute Gasteiger partial charge is 0.342 e. The molecule has 2 unspecified atom stereocenters. The van der Waals surface area contributed by atoms with E-state index in [4.69, 9.17) is 18.9 Å². The number of phenolic OH excluding ortho intramolecular Hbond substituents is 1. The Hall–Kier alpha value is -2.89. The first kappa shape index (κ1) is 15.6. The van der Waals surface area contributed by atoms with Crippen LogP contribution in [0.25, 0.3) is 0 Å². The number of benzene rings is 2. The molecule has 0 saturated heterocycles. The Labute approximate surface area is 144 Å². The molecule has 2 atom stereocenters. The van der Waals surface area contributed by atoms with Crippen molar-refractivity contribution < 1.29 is 28.8 Å². The molecule has 25 heavy (non-hydrogen) atoms. The number of fused-ring (bicyclic) bond motifs is 2. The molecule has 2 aromatic rings. The second-order valence-corrected chi connectivity index (χ2v) is 6.03. The molecule has 0 bridgehead atoms. The molecular formula is C19H18O6. The van der Waals surface area contributed by atoms with Gasteiger partial charge < -0.3 is 24.1 Å². The zero-order valence-corrected chi connectivity index (χ0v) is 13.9. The lowest BCUT2D eigenvalue weighted by Gasteiger charge is -2.17. The average molecular weight is 342 g/mol. The molecule has 6 nitrogen and oxygen atoms in total. The molecule has 6 heteroatoms. The van der Waals surface area contributed by atoms with Crippen LogP contribution < -0.4 is 14.2 Å². The molecule has 130 valence electrons. The Morgan fingerprint density at radius 1 is 1.20 bits per heavy atom. The van der Waals surface area contributed by atoms with Crippen molar-refractivity contribution in [3.05, 3.63) is 47.0 Å². The molecule has 0 radical (unpaired) electrons. The van der Waals surface area contributed by atoms with E-state index in [9.17, 15) is 9.90 Å². The number of ether oxygens (including phenoxy) is 4. The maximum atomic E-state index is 12.3. The topological polar surface area (TPSA) is 74.2 Å². The Kier molecular flexibility index (Phi) is 3.67. The number of carbonyl (C=O) groups excluding carboxylic acids is 1. The highest BCUT2D eigenvalue weighted by atomic mass is 16.7. The number of hydrogen-bond acceptors (Lipinski definition) is 6. The van der Waals surface area contributed by atoms with Gasteiger partial charge in [-0.15, -0.1) is 0 Å². The molecule has 2 aromatic carbocycles. The molecule has 0 spiro atoms. The Morgan fingerprint density at radius 3 is 2.76 bits per heavy atom. The maximum Gasteiger partial charge on any atom is 0.342 e. The quantitative estimate of drug-likeness (QED) is 0.860. The number of esters is 1. The zero-order chi connectivity index (χ0) is 17.6. The van der Waals surface area contributed by atoms with E-state index in [0.29, 0.717) is 22.8 Å². The molecule has 2 aliphatic heterocycles. The molecule has 2 aliphatic rings. The second-order valence-electron chi connectivity index (χ2n) is 6.03. The largest absolute Gasteiger partial charge is 0.507 e. The summed E-state index contributed by atoms with van der Waals surface area (Å²) in [4.78, 5) is 12.3. The van der Waals surface area contributed by atoms with Gasteiger partial charge >= 0.3 is 5.97 Å². The van der Waals surface area contributed by atoms with Gasteiger partial charge in [-0.2, -0.15) is 0 Å². The summed E-state index contributed by atoms with van der Waals surface area (Å²) in [7, 11) is 0. The number of carbonyl (C=O) groups is 1. The minimum Gasteiger partial charge on any atom is -0.507 e. The highest BCUT2D eigenvalue weighted by Crippen LogP contribution is 2.50. The van der Waals surface area contributed by atoms with Crippen LogP contribution in [0, 0.1) is 0 Å². The predicted octanol–water partition coefficient (Wildman–Crippen LogP) is 3.53. The lowest BCUT2D eigenvalue weighted by molar-refractivity contribution is 0.0521. The van der Waals surface area contributed by atoms with Crippen molar-refractivity contribution in [1.82, 2.24) is 0 Å². The maximum absolute atomic E-state index is 12.3. The lowest BCUT2D eigenvalue weighted by Crippen LogP contribution is -2.11. The predicted molar refractivity (Wildman–Crippen MR) is 88.4 cm³/mol. The van der Waals surface area contributed by atoms with E-state index >= 15 is 0 Å². The minimum atomic E-state index is -0.543.